The van der Waals surface area contributed by atoms with Crippen LogP contribution in [0, 0.1) is 0 Å². The van der Waals surface area contributed by atoms with Crippen LogP contribution in [-0.2, 0) is 0 Å². The Morgan fingerprint density at radius 1 is 1.33 bits per heavy atom. The molecule has 0 radical (unpaired) electrons. The molecule has 1 atom stereocenters. The lowest BCUT2D eigenvalue weighted by Crippen LogP contribution is -2.39. The number of nitrogens with zero attached hydrogens (tertiary/aromatic N) is 4. The molecule has 0 saturated carbocycles. The van der Waals surface area contributed by atoms with Crippen LogP contribution in [0.15, 0.2) is 10.6 Å². The van der Waals surface area contributed by atoms with Crippen molar-refractivity contribution in [3.63, 3.8) is 0 Å². The summed E-state index contributed by atoms with van der Waals surface area (Å²) in [4.78, 5) is 19.0. The van der Waals surface area contributed by atoms with Gasteiger partial charge in [0.1, 0.15) is 5.69 Å². The van der Waals surface area contributed by atoms with Crippen molar-refractivity contribution in [2.45, 2.75) is 58.3 Å². The molecule has 0 spiro atoms. The minimum Gasteiger partial charge on any atom is -0.339 e. The first-order valence-corrected chi connectivity index (χ1v) is 8.63. The molecule has 2 aromatic rings. The fraction of sp³-hybridized carbons (Fsp3) is 0.647. The van der Waals surface area contributed by atoms with E-state index in [4.69, 9.17) is 4.52 Å². The first-order chi connectivity index (χ1) is 11.5. The van der Waals surface area contributed by atoms with Crippen molar-refractivity contribution in [1.29, 1.82) is 0 Å². The molecule has 1 aliphatic rings. The van der Waals surface area contributed by atoms with E-state index in [1.165, 1.54) is 0 Å². The fourth-order valence-corrected chi connectivity index (χ4v) is 2.92. The van der Waals surface area contributed by atoms with E-state index in [2.05, 4.69) is 34.2 Å². The Balaban J connectivity index is 1.71. The first kappa shape index (κ1) is 16.7. The number of hydrogen-bond acceptors (Lipinski definition) is 5. The SMILES string of the molecule is CC(C)c1cc(C(=O)N2CCC[C@H](c3noc(C(C)C)n3)C2)n[nH]1. The maximum Gasteiger partial charge on any atom is 0.274 e. The summed E-state index contributed by atoms with van der Waals surface area (Å²) in [7, 11) is 0. The zero-order valence-corrected chi connectivity index (χ0v) is 14.7. The summed E-state index contributed by atoms with van der Waals surface area (Å²) in [6, 6.07) is 1.85. The number of rotatable bonds is 4. The van der Waals surface area contributed by atoms with E-state index in [0.717, 1.165) is 25.1 Å². The number of likely N-dealkylation sites (tertiary alicyclic amines) is 1. The van der Waals surface area contributed by atoms with Crippen LogP contribution in [0.5, 0.6) is 0 Å². The highest BCUT2D eigenvalue weighted by molar-refractivity contribution is 5.92. The third-order valence-electron chi connectivity index (χ3n) is 4.46. The number of nitrogens with one attached hydrogen (secondary N) is 1. The molecular formula is C17H25N5O2. The quantitative estimate of drug-likeness (QED) is 0.930. The van der Waals surface area contributed by atoms with Crippen LogP contribution in [0.3, 0.4) is 0 Å². The van der Waals surface area contributed by atoms with Gasteiger partial charge in [0.05, 0.1) is 0 Å². The van der Waals surface area contributed by atoms with Crippen molar-refractivity contribution in [1.82, 2.24) is 25.2 Å². The second kappa shape index (κ2) is 6.75. The van der Waals surface area contributed by atoms with Gasteiger partial charge in [-0.1, -0.05) is 32.9 Å². The Bertz CT molecular complexity index is 703. The van der Waals surface area contributed by atoms with Crippen molar-refractivity contribution < 1.29 is 9.32 Å². The highest BCUT2D eigenvalue weighted by Crippen LogP contribution is 2.27. The minimum absolute atomic E-state index is 0.0320. The van der Waals surface area contributed by atoms with Crippen molar-refractivity contribution in [3.8, 4) is 0 Å². The van der Waals surface area contributed by atoms with Gasteiger partial charge in [0.2, 0.25) is 5.89 Å². The summed E-state index contributed by atoms with van der Waals surface area (Å²) in [6.07, 6.45) is 1.90. The number of piperidine rings is 1. The molecule has 3 rings (SSSR count). The molecule has 7 heteroatoms. The molecule has 0 aromatic carbocycles. The summed E-state index contributed by atoms with van der Waals surface area (Å²) < 4.78 is 5.31. The van der Waals surface area contributed by atoms with Crippen molar-refractivity contribution in [2.75, 3.05) is 13.1 Å². The Morgan fingerprint density at radius 2 is 2.12 bits per heavy atom. The highest BCUT2D eigenvalue weighted by atomic mass is 16.5. The van der Waals surface area contributed by atoms with E-state index in [1.54, 1.807) is 0 Å². The summed E-state index contributed by atoms with van der Waals surface area (Å²) in [5.41, 5.74) is 1.46. The lowest BCUT2D eigenvalue weighted by Gasteiger charge is -2.30. The molecule has 0 bridgehead atoms. The van der Waals surface area contributed by atoms with Gasteiger partial charge in [0.15, 0.2) is 5.82 Å². The van der Waals surface area contributed by atoms with Crippen molar-refractivity contribution >= 4 is 5.91 Å². The average Bonchev–Trinajstić information content (AvgIpc) is 3.24. The topological polar surface area (TPSA) is 87.9 Å². The Morgan fingerprint density at radius 3 is 2.75 bits per heavy atom. The van der Waals surface area contributed by atoms with Gasteiger partial charge in [-0.25, -0.2) is 0 Å². The van der Waals surface area contributed by atoms with E-state index in [0.29, 0.717) is 29.9 Å². The molecule has 1 saturated heterocycles. The molecule has 0 unspecified atom stereocenters. The molecule has 1 aliphatic heterocycles. The molecule has 1 N–H and O–H groups in total. The monoisotopic (exact) mass is 331 g/mol. The van der Waals surface area contributed by atoms with Gasteiger partial charge in [-0.3, -0.25) is 9.89 Å². The van der Waals surface area contributed by atoms with Gasteiger partial charge in [0.25, 0.3) is 5.91 Å². The number of amides is 1. The molecule has 7 nitrogen and oxygen atoms in total. The van der Waals surface area contributed by atoms with E-state index in [1.807, 2.05) is 24.8 Å². The van der Waals surface area contributed by atoms with Crippen LogP contribution in [0.4, 0.5) is 0 Å². The summed E-state index contributed by atoms with van der Waals surface area (Å²) in [5.74, 6) is 1.99. The van der Waals surface area contributed by atoms with Gasteiger partial charge in [-0.2, -0.15) is 10.1 Å². The summed E-state index contributed by atoms with van der Waals surface area (Å²) >= 11 is 0. The normalized spacial score (nSPS) is 18.6. The van der Waals surface area contributed by atoms with Gasteiger partial charge in [0, 0.05) is 30.6 Å². The fourth-order valence-electron chi connectivity index (χ4n) is 2.92. The maximum atomic E-state index is 12.7. The van der Waals surface area contributed by atoms with Gasteiger partial charge >= 0.3 is 0 Å². The lowest BCUT2D eigenvalue weighted by atomic mass is 9.97. The molecule has 3 heterocycles. The zero-order chi connectivity index (χ0) is 17.3. The smallest absolute Gasteiger partial charge is 0.274 e. The van der Waals surface area contributed by atoms with Crippen LogP contribution in [0.2, 0.25) is 0 Å². The van der Waals surface area contributed by atoms with Crippen LogP contribution in [-0.4, -0.2) is 44.2 Å². The minimum atomic E-state index is -0.0320. The predicted octanol–water partition coefficient (Wildman–Crippen LogP) is 3.06. The predicted molar refractivity (Wildman–Crippen MR) is 88.9 cm³/mol. The van der Waals surface area contributed by atoms with E-state index in [-0.39, 0.29) is 17.7 Å². The molecule has 0 aliphatic carbocycles. The second-order valence-electron chi connectivity index (χ2n) is 7.10. The lowest BCUT2D eigenvalue weighted by molar-refractivity contribution is 0.0697. The van der Waals surface area contributed by atoms with Crippen molar-refractivity contribution in [2.24, 2.45) is 0 Å². The average molecular weight is 331 g/mol. The maximum absolute atomic E-state index is 12.7. The van der Waals surface area contributed by atoms with Crippen LogP contribution >= 0.6 is 0 Å². The standard InChI is InChI=1S/C17H25N5O2/c1-10(2)13-8-14(20-19-13)17(23)22-7-5-6-12(9-22)15-18-16(11(3)4)24-21-15/h8,10-12H,5-7,9H2,1-4H3,(H,19,20)/t12-/m0/s1. The largest absolute Gasteiger partial charge is 0.339 e. The third-order valence-corrected chi connectivity index (χ3v) is 4.46. The van der Waals surface area contributed by atoms with Crippen LogP contribution in [0.25, 0.3) is 0 Å². The second-order valence-corrected chi connectivity index (χ2v) is 7.10. The number of aromatic amines is 1. The molecule has 24 heavy (non-hydrogen) atoms. The summed E-state index contributed by atoms with van der Waals surface area (Å²) in [6.45, 7) is 9.55. The van der Waals surface area contributed by atoms with Gasteiger partial charge in [-0.15, -0.1) is 0 Å². The van der Waals surface area contributed by atoms with Gasteiger partial charge < -0.3 is 9.42 Å². The highest BCUT2D eigenvalue weighted by Gasteiger charge is 2.29. The number of H-pyrrole nitrogens is 1. The molecule has 1 amide bonds. The molecule has 1 fully saturated rings. The number of hydrogen-bond donors (Lipinski definition) is 1. The number of carbonyl (C=O) groups is 1. The van der Waals surface area contributed by atoms with E-state index >= 15 is 0 Å². The van der Waals surface area contributed by atoms with Crippen LogP contribution in [0.1, 0.15) is 86.2 Å². The first-order valence-electron chi connectivity index (χ1n) is 8.63. The Hall–Kier alpha value is -2.18. The van der Waals surface area contributed by atoms with Crippen molar-refractivity contribution in [3.05, 3.63) is 29.2 Å². The van der Waals surface area contributed by atoms with E-state index < -0.39 is 0 Å². The zero-order valence-electron chi connectivity index (χ0n) is 14.7. The molecule has 2 aromatic heterocycles. The van der Waals surface area contributed by atoms with Crippen LogP contribution < -0.4 is 0 Å². The molecule has 130 valence electrons. The van der Waals surface area contributed by atoms with Gasteiger partial charge in [-0.05, 0) is 24.8 Å². The summed E-state index contributed by atoms with van der Waals surface area (Å²) in [5, 5.41) is 11.2. The number of carbonyl (C=O) groups excluding carboxylic acids is 1. The molecular weight excluding hydrogens is 306 g/mol. The third kappa shape index (κ3) is 3.34. The van der Waals surface area contributed by atoms with E-state index in [9.17, 15) is 4.79 Å². The Labute approximate surface area is 141 Å². The Kier molecular flexibility index (Phi) is 4.69. The number of aromatic nitrogens is 4.